The van der Waals surface area contributed by atoms with Gasteiger partial charge in [-0.2, -0.15) is 0 Å². The van der Waals surface area contributed by atoms with Crippen molar-refractivity contribution in [3.63, 3.8) is 0 Å². The molecule has 1 atom stereocenters. The topological polar surface area (TPSA) is 59.0 Å². The molecule has 0 saturated carbocycles. The number of aryl methyl sites for hydroxylation is 2. The molecule has 1 aliphatic carbocycles. The molecule has 0 radical (unpaired) electrons. The first-order valence-corrected chi connectivity index (χ1v) is 10.6. The van der Waals surface area contributed by atoms with Crippen molar-refractivity contribution in [3.05, 3.63) is 15.6 Å². The summed E-state index contributed by atoms with van der Waals surface area (Å²) >= 11 is 1.87. The van der Waals surface area contributed by atoms with E-state index in [0.29, 0.717) is 5.92 Å². The molecule has 27 heavy (non-hydrogen) atoms. The molecule has 8 heteroatoms. The summed E-state index contributed by atoms with van der Waals surface area (Å²) in [4.78, 5) is 12.9. The van der Waals surface area contributed by atoms with Gasteiger partial charge in [-0.1, -0.05) is 0 Å². The number of thiazole rings is 1. The fourth-order valence-electron chi connectivity index (χ4n) is 3.47. The Kier molecular flexibility index (Phi) is 10.3. The molecule has 6 nitrogen and oxygen atoms in total. The second-order valence-electron chi connectivity index (χ2n) is 7.17. The van der Waals surface area contributed by atoms with Gasteiger partial charge in [-0.25, -0.2) is 4.98 Å². The molecule has 0 spiro atoms. The molecule has 2 heterocycles. The highest BCUT2D eigenvalue weighted by molar-refractivity contribution is 14.0. The fraction of sp³-hybridized carbons (Fsp3) is 0.789. The number of aliphatic imine (C=N–C) groups is 1. The molecule has 1 unspecified atom stereocenters. The van der Waals surface area contributed by atoms with Gasteiger partial charge in [0.1, 0.15) is 5.01 Å². The number of guanidine groups is 1. The van der Waals surface area contributed by atoms with Crippen molar-refractivity contribution in [2.75, 3.05) is 47.1 Å². The van der Waals surface area contributed by atoms with Crippen LogP contribution in [0.1, 0.15) is 41.3 Å². The van der Waals surface area contributed by atoms with Gasteiger partial charge in [-0.3, -0.25) is 4.99 Å². The van der Waals surface area contributed by atoms with Gasteiger partial charge in [0.25, 0.3) is 0 Å². The number of nitrogens with one attached hydrogen (secondary N) is 1. The molecule has 1 aromatic heterocycles. The number of nitrogens with zero attached hydrogens (tertiary/aromatic N) is 3. The van der Waals surface area contributed by atoms with E-state index in [1.54, 1.807) is 0 Å². The molecule has 0 amide bonds. The number of hydrogen-bond acceptors (Lipinski definition) is 5. The Bertz CT molecular complexity index is 567. The van der Waals surface area contributed by atoms with Crippen molar-refractivity contribution < 1.29 is 9.47 Å². The van der Waals surface area contributed by atoms with E-state index in [2.05, 4.69) is 22.3 Å². The minimum absolute atomic E-state index is 0. The summed E-state index contributed by atoms with van der Waals surface area (Å²) in [6.45, 7) is 5.03. The zero-order chi connectivity index (χ0) is 18.2. The van der Waals surface area contributed by atoms with Crippen LogP contribution in [0.5, 0.6) is 0 Å². The van der Waals surface area contributed by atoms with Crippen molar-refractivity contribution >= 4 is 41.3 Å². The summed E-state index contributed by atoms with van der Waals surface area (Å²) in [5.41, 5.74) is 1.33. The van der Waals surface area contributed by atoms with Crippen LogP contribution >= 0.6 is 35.3 Å². The third-order valence-electron chi connectivity index (χ3n) is 4.96. The van der Waals surface area contributed by atoms with Crippen molar-refractivity contribution in [1.82, 2.24) is 15.2 Å². The van der Waals surface area contributed by atoms with Crippen LogP contribution in [0.3, 0.4) is 0 Å². The minimum Gasteiger partial charge on any atom is -0.381 e. The normalized spacial score (nSPS) is 19.5. The quantitative estimate of drug-likeness (QED) is 0.253. The minimum atomic E-state index is 0. The van der Waals surface area contributed by atoms with Crippen LogP contribution < -0.4 is 5.32 Å². The average molecular weight is 508 g/mol. The summed E-state index contributed by atoms with van der Waals surface area (Å²) in [6, 6.07) is 0. The number of hydrogen-bond donors (Lipinski definition) is 1. The monoisotopic (exact) mass is 508 g/mol. The molecule has 1 saturated heterocycles. The first-order chi connectivity index (χ1) is 12.8. The number of fused-ring (bicyclic) bond motifs is 1. The van der Waals surface area contributed by atoms with Gasteiger partial charge in [-0.05, 0) is 38.5 Å². The van der Waals surface area contributed by atoms with Crippen LogP contribution in [0.15, 0.2) is 4.99 Å². The van der Waals surface area contributed by atoms with Crippen molar-refractivity contribution in [2.45, 2.75) is 45.1 Å². The summed E-state index contributed by atoms with van der Waals surface area (Å²) in [5, 5.41) is 4.63. The smallest absolute Gasteiger partial charge is 0.193 e. The maximum absolute atomic E-state index is 5.75. The number of rotatable bonds is 8. The van der Waals surface area contributed by atoms with Gasteiger partial charge in [0.15, 0.2) is 5.96 Å². The van der Waals surface area contributed by atoms with Crippen molar-refractivity contribution in [1.29, 1.82) is 0 Å². The van der Waals surface area contributed by atoms with Gasteiger partial charge < -0.3 is 19.7 Å². The molecule has 0 bridgehead atoms. The van der Waals surface area contributed by atoms with Gasteiger partial charge in [0, 0.05) is 44.6 Å². The van der Waals surface area contributed by atoms with Crippen LogP contribution in [-0.4, -0.2) is 62.9 Å². The Balaban J connectivity index is 0.00000261. The lowest BCUT2D eigenvalue weighted by Gasteiger charge is -2.21. The zero-order valence-electron chi connectivity index (χ0n) is 16.5. The largest absolute Gasteiger partial charge is 0.381 e. The molecule has 1 aliphatic heterocycles. The highest BCUT2D eigenvalue weighted by Crippen LogP contribution is 2.27. The van der Waals surface area contributed by atoms with E-state index < -0.39 is 0 Å². The van der Waals surface area contributed by atoms with E-state index in [-0.39, 0.29) is 24.0 Å². The predicted molar refractivity (Wildman–Crippen MR) is 121 cm³/mol. The fourth-order valence-corrected chi connectivity index (χ4v) is 4.69. The molecule has 0 aromatic carbocycles. The molecule has 154 valence electrons. The molecule has 3 rings (SSSR count). The van der Waals surface area contributed by atoms with Crippen LogP contribution in [0.4, 0.5) is 0 Å². The Morgan fingerprint density at radius 1 is 1.41 bits per heavy atom. The molecule has 1 aromatic rings. The third-order valence-corrected chi connectivity index (χ3v) is 6.10. The molecular weight excluding hydrogens is 475 g/mol. The molecule has 2 aliphatic rings. The Morgan fingerprint density at radius 3 is 3.00 bits per heavy atom. The van der Waals surface area contributed by atoms with E-state index in [1.807, 2.05) is 18.4 Å². The van der Waals surface area contributed by atoms with Crippen LogP contribution in [0.2, 0.25) is 0 Å². The first kappa shape index (κ1) is 22.8. The van der Waals surface area contributed by atoms with E-state index in [0.717, 1.165) is 64.7 Å². The highest BCUT2D eigenvalue weighted by atomic mass is 127. The lowest BCUT2D eigenvalue weighted by atomic mass is 10.0. The lowest BCUT2D eigenvalue weighted by Crippen LogP contribution is -2.39. The van der Waals surface area contributed by atoms with Crippen molar-refractivity contribution in [3.8, 4) is 0 Å². The zero-order valence-corrected chi connectivity index (χ0v) is 19.7. The second kappa shape index (κ2) is 12.2. The lowest BCUT2D eigenvalue weighted by molar-refractivity contribution is 0.0887. The summed E-state index contributed by atoms with van der Waals surface area (Å²) in [7, 11) is 3.91. The number of aromatic nitrogens is 1. The summed E-state index contributed by atoms with van der Waals surface area (Å²) in [5.74, 6) is 1.51. The summed E-state index contributed by atoms with van der Waals surface area (Å²) in [6.07, 6.45) is 7.06. The Hall–Kier alpha value is -0.450. The SMILES string of the molecule is CN=C(NCCCOCC1CCOC1)N(C)Cc1nc2c(s1)CCCC2.I. The Morgan fingerprint density at radius 2 is 2.26 bits per heavy atom. The van der Waals surface area contributed by atoms with Gasteiger partial charge in [-0.15, -0.1) is 35.3 Å². The maximum atomic E-state index is 5.75. The first-order valence-electron chi connectivity index (χ1n) is 9.81. The van der Waals surface area contributed by atoms with E-state index in [1.165, 1.54) is 34.8 Å². The molecule has 1 fully saturated rings. The third kappa shape index (κ3) is 7.14. The van der Waals surface area contributed by atoms with E-state index in [9.17, 15) is 0 Å². The molecular formula is C19H33IN4O2S. The molecule has 1 N–H and O–H groups in total. The van der Waals surface area contributed by atoms with E-state index in [4.69, 9.17) is 14.5 Å². The second-order valence-corrected chi connectivity index (χ2v) is 8.34. The van der Waals surface area contributed by atoms with Gasteiger partial charge in [0.2, 0.25) is 0 Å². The average Bonchev–Trinajstić information content (AvgIpc) is 3.29. The van der Waals surface area contributed by atoms with Crippen molar-refractivity contribution in [2.24, 2.45) is 10.9 Å². The van der Waals surface area contributed by atoms with Crippen LogP contribution in [-0.2, 0) is 28.9 Å². The standard InChI is InChI=1S/C19H32N4O2S.HI/c1-20-19(21-9-5-10-24-13-15-8-11-25-14-15)23(2)12-18-22-16-6-3-4-7-17(16)26-18;/h15H,3-14H2,1-2H3,(H,20,21);1H. The van der Waals surface area contributed by atoms with Crippen LogP contribution in [0, 0.1) is 5.92 Å². The number of halogens is 1. The van der Waals surface area contributed by atoms with Crippen LogP contribution in [0.25, 0.3) is 0 Å². The predicted octanol–water partition coefficient (Wildman–Crippen LogP) is 3.09. The van der Waals surface area contributed by atoms with E-state index >= 15 is 0 Å². The van der Waals surface area contributed by atoms with Gasteiger partial charge >= 0.3 is 0 Å². The summed E-state index contributed by atoms with van der Waals surface area (Å²) < 4.78 is 11.1. The maximum Gasteiger partial charge on any atom is 0.193 e. The Labute approximate surface area is 184 Å². The number of ether oxygens (including phenoxy) is 2. The highest BCUT2D eigenvalue weighted by Gasteiger charge is 2.17. The van der Waals surface area contributed by atoms with Gasteiger partial charge in [0.05, 0.1) is 25.5 Å².